The molecule has 1 heterocycles. The van der Waals surface area contributed by atoms with Gasteiger partial charge in [-0.05, 0) is 56.3 Å². The number of aromatic nitrogens is 1. The molecular formula is C17H19N2NaO4S. The predicted octanol–water partition coefficient (Wildman–Crippen LogP) is 0.704. The molecule has 0 spiro atoms. The maximum atomic E-state index is 11.2. The summed E-state index contributed by atoms with van der Waals surface area (Å²) in [6.45, 7) is 6.06. The molecule has 2 aromatic carbocycles. The molecule has 1 aromatic heterocycles. The fraction of sp³-hybridized carbons (Fsp3) is 0.235. The summed E-state index contributed by atoms with van der Waals surface area (Å²) in [5.41, 5.74) is 2.77. The Morgan fingerprint density at radius 3 is 2.32 bits per heavy atom. The van der Waals surface area contributed by atoms with Gasteiger partial charge in [0.15, 0.2) is 5.58 Å². The number of fused-ring (bicyclic) bond motifs is 1. The zero-order valence-corrected chi connectivity index (χ0v) is 17.2. The van der Waals surface area contributed by atoms with Crippen molar-refractivity contribution in [3.8, 4) is 11.5 Å². The van der Waals surface area contributed by atoms with E-state index in [0.717, 1.165) is 24.3 Å². The molecule has 3 rings (SSSR count). The smallest absolute Gasteiger partial charge is 1.00 e. The molecule has 0 fully saturated rings. The second kappa shape index (κ2) is 7.88. The van der Waals surface area contributed by atoms with E-state index in [-0.39, 0.29) is 35.9 Å². The van der Waals surface area contributed by atoms with Crippen LogP contribution >= 0.6 is 0 Å². The minimum Gasteiger partial charge on any atom is -1.00 e. The van der Waals surface area contributed by atoms with Crippen LogP contribution in [0.15, 0.2) is 51.8 Å². The van der Waals surface area contributed by atoms with Crippen LogP contribution in [-0.4, -0.2) is 31.0 Å². The van der Waals surface area contributed by atoms with E-state index >= 15 is 0 Å². The van der Waals surface area contributed by atoms with Gasteiger partial charge >= 0.3 is 29.6 Å². The van der Waals surface area contributed by atoms with Gasteiger partial charge in [0, 0.05) is 24.3 Å². The minimum absolute atomic E-state index is 0. The van der Waals surface area contributed by atoms with Crippen molar-refractivity contribution in [3.05, 3.63) is 42.5 Å². The third-order valence-corrected chi connectivity index (χ3v) is 4.75. The van der Waals surface area contributed by atoms with E-state index < -0.39 is 10.1 Å². The van der Waals surface area contributed by atoms with Crippen LogP contribution in [0, 0.1) is 0 Å². The molecular weight excluding hydrogens is 351 g/mol. The summed E-state index contributed by atoms with van der Waals surface area (Å²) in [4.78, 5) is 6.34. The van der Waals surface area contributed by atoms with Gasteiger partial charge in [-0.1, -0.05) is 0 Å². The van der Waals surface area contributed by atoms with Gasteiger partial charge in [0.1, 0.15) is 5.52 Å². The fourth-order valence-electron chi connectivity index (χ4n) is 2.59. The van der Waals surface area contributed by atoms with Crippen LogP contribution in [0.5, 0.6) is 0 Å². The molecule has 128 valence electrons. The van der Waals surface area contributed by atoms with E-state index in [0.29, 0.717) is 17.0 Å². The zero-order valence-electron chi connectivity index (χ0n) is 15.4. The van der Waals surface area contributed by atoms with Crippen molar-refractivity contribution in [2.45, 2.75) is 18.7 Å². The average Bonchev–Trinajstić information content (AvgIpc) is 2.99. The Bertz CT molecular complexity index is 970. The second-order valence-corrected chi connectivity index (χ2v) is 6.76. The summed E-state index contributed by atoms with van der Waals surface area (Å²) in [6, 6.07) is 11.9. The van der Waals surface area contributed by atoms with Crippen molar-refractivity contribution in [2.75, 3.05) is 18.0 Å². The molecule has 0 saturated heterocycles. The third kappa shape index (κ3) is 4.24. The molecule has 25 heavy (non-hydrogen) atoms. The van der Waals surface area contributed by atoms with Crippen molar-refractivity contribution in [1.29, 1.82) is 0 Å². The number of oxazole rings is 1. The molecule has 1 N–H and O–H groups in total. The number of benzene rings is 2. The summed E-state index contributed by atoms with van der Waals surface area (Å²) >= 11 is 0. The molecule has 0 aliphatic rings. The standard InChI is InChI=1S/C17H18N2O4S.Na.H/c1-3-19(4-2)13-7-5-12(6-8-13)17-18-15-11-14(24(20,21)22)9-10-16(15)23-17;;/h5-11H,3-4H2,1-2H3,(H,20,21,22);;/q;+1;-1. The van der Waals surface area contributed by atoms with Crippen molar-refractivity contribution >= 4 is 26.9 Å². The summed E-state index contributed by atoms with van der Waals surface area (Å²) < 4.78 is 37.2. The molecule has 8 heteroatoms. The SMILES string of the molecule is CCN(CC)c1ccc(-c2nc3cc(S(=O)(=O)O)ccc3o2)cc1.[H-].[Na+]. The van der Waals surface area contributed by atoms with Crippen molar-refractivity contribution < 1.29 is 48.4 Å². The summed E-state index contributed by atoms with van der Waals surface area (Å²) in [6.07, 6.45) is 0. The van der Waals surface area contributed by atoms with Crippen molar-refractivity contribution in [2.24, 2.45) is 0 Å². The Hall–Kier alpha value is -1.38. The first-order chi connectivity index (χ1) is 11.4. The van der Waals surface area contributed by atoms with Crippen molar-refractivity contribution in [1.82, 2.24) is 4.98 Å². The fourth-order valence-corrected chi connectivity index (χ4v) is 3.10. The normalized spacial score (nSPS) is 11.3. The number of rotatable bonds is 5. The van der Waals surface area contributed by atoms with Gasteiger partial charge in [0.25, 0.3) is 10.1 Å². The largest absolute Gasteiger partial charge is 1.00 e. The van der Waals surface area contributed by atoms with Crippen LogP contribution in [0.1, 0.15) is 15.3 Å². The van der Waals surface area contributed by atoms with Gasteiger partial charge in [-0.3, -0.25) is 4.55 Å². The van der Waals surface area contributed by atoms with Gasteiger partial charge < -0.3 is 10.7 Å². The summed E-state index contributed by atoms with van der Waals surface area (Å²) in [7, 11) is -4.26. The molecule has 0 atom stereocenters. The van der Waals surface area contributed by atoms with E-state index in [9.17, 15) is 8.42 Å². The Kier molecular flexibility index (Phi) is 6.29. The van der Waals surface area contributed by atoms with Crippen molar-refractivity contribution in [3.63, 3.8) is 0 Å². The van der Waals surface area contributed by atoms with Gasteiger partial charge in [0.2, 0.25) is 5.89 Å². The maximum absolute atomic E-state index is 11.2. The van der Waals surface area contributed by atoms with Gasteiger partial charge in [-0.15, -0.1) is 0 Å². The Balaban J connectivity index is 0.00000169. The zero-order chi connectivity index (χ0) is 17.3. The molecule has 0 aliphatic heterocycles. The topological polar surface area (TPSA) is 83.6 Å². The minimum atomic E-state index is -4.26. The molecule has 0 radical (unpaired) electrons. The van der Waals surface area contributed by atoms with E-state index in [1.54, 1.807) is 0 Å². The average molecular weight is 370 g/mol. The van der Waals surface area contributed by atoms with Crippen LogP contribution in [0.3, 0.4) is 0 Å². The number of nitrogens with zero attached hydrogens (tertiary/aromatic N) is 2. The Morgan fingerprint density at radius 2 is 1.76 bits per heavy atom. The molecule has 3 aromatic rings. The summed E-state index contributed by atoms with van der Waals surface area (Å²) in [5, 5.41) is 0. The van der Waals surface area contributed by atoms with E-state index in [2.05, 4.69) is 23.7 Å². The monoisotopic (exact) mass is 370 g/mol. The molecule has 6 nitrogen and oxygen atoms in total. The second-order valence-electron chi connectivity index (χ2n) is 5.34. The quantitative estimate of drug-likeness (QED) is 0.526. The number of hydrogen-bond donors (Lipinski definition) is 1. The first-order valence-corrected chi connectivity index (χ1v) is 9.10. The Labute approximate surface area is 170 Å². The van der Waals surface area contributed by atoms with E-state index in [4.69, 9.17) is 8.97 Å². The van der Waals surface area contributed by atoms with Crippen LogP contribution in [0.4, 0.5) is 5.69 Å². The predicted molar refractivity (Wildman–Crippen MR) is 93.9 cm³/mol. The number of anilines is 1. The molecule has 0 unspecified atom stereocenters. The first-order valence-electron chi connectivity index (χ1n) is 7.66. The van der Waals surface area contributed by atoms with Crippen LogP contribution in [0.2, 0.25) is 0 Å². The first kappa shape index (κ1) is 19.9. The van der Waals surface area contributed by atoms with Crippen LogP contribution in [-0.2, 0) is 10.1 Å². The maximum Gasteiger partial charge on any atom is 1.00 e. The third-order valence-electron chi connectivity index (χ3n) is 3.90. The van der Waals surface area contributed by atoms with Crippen LogP contribution in [0.25, 0.3) is 22.6 Å². The number of hydrogen-bond acceptors (Lipinski definition) is 5. The van der Waals surface area contributed by atoms with Gasteiger partial charge in [-0.2, -0.15) is 8.42 Å². The summed E-state index contributed by atoms with van der Waals surface area (Å²) in [5.74, 6) is 0.406. The molecule has 0 amide bonds. The van der Waals surface area contributed by atoms with E-state index in [1.807, 2.05) is 24.3 Å². The molecule has 0 saturated carbocycles. The van der Waals surface area contributed by atoms with Gasteiger partial charge in [0.05, 0.1) is 4.90 Å². The van der Waals surface area contributed by atoms with E-state index in [1.165, 1.54) is 18.2 Å². The van der Waals surface area contributed by atoms with Gasteiger partial charge in [-0.25, -0.2) is 4.98 Å². The molecule has 0 aliphatic carbocycles. The molecule has 0 bridgehead atoms. The Morgan fingerprint density at radius 1 is 1.12 bits per heavy atom. The van der Waals surface area contributed by atoms with Crippen LogP contribution < -0.4 is 34.5 Å².